The molecule has 0 spiro atoms. The van der Waals surface area contributed by atoms with E-state index in [9.17, 15) is 13.6 Å². The average molecular weight is 301 g/mol. The molecular weight excluding hydrogens is 288 g/mol. The summed E-state index contributed by atoms with van der Waals surface area (Å²) in [5.41, 5.74) is 2.63. The highest BCUT2D eigenvalue weighted by molar-refractivity contribution is 5.92. The van der Waals surface area contributed by atoms with Crippen molar-refractivity contribution < 1.29 is 13.6 Å². The lowest BCUT2D eigenvalue weighted by atomic mass is 9.99. The van der Waals surface area contributed by atoms with Gasteiger partial charge in [0.15, 0.2) is 11.5 Å². The number of carbonyl (C=O) groups excluding carboxylic acids is 1. The first kappa shape index (κ1) is 15.6. The van der Waals surface area contributed by atoms with Crippen molar-refractivity contribution in [2.75, 3.05) is 0 Å². The molecule has 0 radical (unpaired) electrons. The van der Waals surface area contributed by atoms with Crippen LogP contribution in [0.15, 0.2) is 24.4 Å². The summed E-state index contributed by atoms with van der Waals surface area (Å²) in [6.07, 6.45) is 0.788. The summed E-state index contributed by atoms with van der Waals surface area (Å²) in [6, 6.07) is 6.10. The molecule has 2 rings (SSSR count). The lowest BCUT2D eigenvalue weighted by Crippen LogP contribution is -2.25. The van der Waals surface area contributed by atoms with Gasteiger partial charge in [0.2, 0.25) is 0 Å². The summed E-state index contributed by atoms with van der Waals surface area (Å²) in [6.45, 7) is 3.82. The molecule has 0 aliphatic carbocycles. The van der Waals surface area contributed by atoms with E-state index in [1.165, 1.54) is 0 Å². The predicted molar refractivity (Wildman–Crippen MR) is 76.0 cm³/mol. The Morgan fingerprint density at radius 2 is 1.91 bits per heavy atom. The van der Waals surface area contributed by atoms with Crippen LogP contribution in [0.1, 0.15) is 32.7 Å². The van der Waals surface area contributed by atoms with Crippen LogP contribution in [0.4, 0.5) is 8.78 Å². The van der Waals surface area contributed by atoms with E-state index in [0.717, 1.165) is 22.9 Å². The van der Waals surface area contributed by atoms with E-state index in [2.05, 4.69) is 16.4 Å². The minimum Gasteiger partial charge on any atom is -0.347 e. The fourth-order valence-electron chi connectivity index (χ4n) is 2.17. The molecule has 1 aromatic carbocycles. The summed E-state index contributed by atoms with van der Waals surface area (Å²) in [5.74, 6) is -2.57. The molecule has 0 saturated carbocycles. The molecule has 1 N–H and O–H groups in total. The van der Waals surface area contributed by atoms with Gasteiger partial charge < -0.3 is 5.32 Å². The lowest BCUT2D eigenvalue weighted by Gasteiger charge is -2.11. The van der Waals surface area contributed by atoms with Crippen LogP contribution in [0, 0.1) is 36.8 Å². The van der Waals surface area contributed by atoms with Crippen LogP contribution < -0.4 is 5.32 Å². The van der Waals surface area contributed by atoms with Crippen molar-refractivity contribution in [3.05, 3.63) is 64.0 Å². The fourth-order valence-corrected chi connectivity index (χ4v) is 2.17. The van der Waals surface area contributed by atoms with Gasteiger partial charge in [-0.2, -0.15) is 5.26 Å². The van der Waals surface area contributed by atoms with Gasteiger partial charge >= 0.3 is 0 Å². The first-order chi connectivity index (χ1) is 10.4. The van der Waals surface area contributed by atoms with Gasteiger partial charge in [-0.3, -0.25) is 4.79 Å². The largest absolute Gasteiger partial charge is 0.347 e. The van der Waals surface area contributed by atoms with Crippen molar-refractivity contribution in [2.45, 2.75) is 20.4 Å². The van der Waals surface area contributed by atoms with Gasteiger partial charge in [-0.25, -0.2) is 13.8 Å². The maximum atomic E-state index is 13.5. The quantitative estimate of drug-likeness (QED) is 0.948. The van der Waals surface area contributed by atoms with Crippen LogP contribution in [0.3, 0.4) is 0 Å². The van der Waals surface area contributed by atoms with Crippen molar-refractivity contribution in [1.82, 2.24) is 10.3 Å². The zero-order chi connectivity index (χ0) is 16.3. The van der Waals surface area contributed by atoms with Crippen molar-refractivity contribution >= 4 is 5.91 Å². The van der Waals surface area contributed by atoms with Gasteiger partial charge in [0.05, 0.1) is 17.8 Å². The van der Waals surface area contributed by atoms with Gasteiger partial charge in [-0.1, -0.05) is 0 Å². The molecule has 0 fully saturated rings. The van der Waals surface area contributed by atoms with E-state index in [1.54, 1.807) is 12.1 Å². The number of nitrogens with one attached hydrogen (secondary N) is 1. The number of nitriles is 1. The zero-order valence-corrected chi connectivity index (χ0v) is 12.1. The molecule has 1 amide bonds. The smallest absolute Gasteiger partial charge is 0.273 e. The van der Waals surface area contributed by atoms with Gasteiger partial charge in [-0.15, -0.1) is 0 Å². The number of pyridine rings is 1. The third kappa shape index (κ3) is 3.26. The molecule has 1 heterocycles. The van der Waals surface area contributed by atoms with E-state index in [4.69, 9.17) is 5.26 Å². The van der Waals surface area contributed by atoms with Crippen LogP contribution in [-0.4, -0.2) is 10.9 Å². The topological polar surface area (TPSA) is 65.8 Å². The maximum Gasteiger partial charge on any atom is 0.273 e. The maximum absolute atomic E-state index is 13.5. The third-order valence-corrected chi connectivity index (χ3v) is 3.27. The second-order valence-corrected chi connectivity index (χ2v) is 4.87. The fraction of sp³-hybridized carbons (Fsp3) is 0.188. The molecule has 2 aromatic rings. The van der Waals surface area contributed by atoms with Crippen LogP contribution >= 0.6 is 0 Å². The standard InChI is InChI=1S/C16H13F2N3O/c1-9-3-11(6-19)4-10(2)13(9)8-21-16(22)15-14(18)5-12(17)7-20-15/h3-5,7H,8H2,1-2H3,(H,21,22). The Bertz CT molecular complexity index is 758. The molecule has 0 unspecified atom stereocenters. The van der Waals surface area contributed by atoms with E-state index in [-0.39, 0.29) is 6.54 Å². The number of aromatic nitrogens is 1. The summed E-state index contributed by atoms with van der Waals surface area (Å²) in [4.78, 5) is 15.4. The molecule has 0 aliphatic rings. The van der Waals surface area contributed by atoms with Crippen LogP contribution in [0.2, 0.25) is 0 Å². The predicted octanol–water partition coefficient (Wildman–Crippen LogP) is 2.78. The Morgan fingerprint density at radius 1 is 1.27 bits per heavy atom. The summed E-state index contributed by atoms with van der Waals surface area (Å²) in [7, 11) is 0. The highest BCUT2D eigenvalue weighted by Gasteiger charge is 2.15. The van der Waals surface area contributed by atoms with Gasteiger partial charge in [0.25, 0.3) is 5.91 Å². The van der Waals surface area contributed by atoms with E-state index in [0.29, 0.717) is 11.6 Å². The first-order valence-electron chi connectivity index (χ1n) is 6.52. The Labute approximate surface area is 126 Å². The van der Waals surface area contributed by atoms with Crippen LogP contribution in [-0.2, 0) is 6.54 Å². The van der Waals surface area contributed by atoms with Crippen molar-refractivity contribution in [1.29, 1.82) is 5.26 Å². The normalized spacial score (nSPS) is 10.1. The van der Waals surface area contributed by atoms with Gasteiger partial charge in [0, 0.05) is 12.6 Å². The molecule has 112 valence electrons. The van der Waals surface area contributed by atoms with Crippen LogP contribution in [0.5, 0.6) is 0 Å². The highest BCUT2D eigenvalue weighted by atomic mass is 19.1. The monoisotopic (exact) mass is 301 g/mol. The Hall–Kier alpha value is -2.81. The number of halogens is 2. The molecule has 1 aromatic heterocycles. The zero-order valence-electron chi connectivity index (χ0n) is 12.1. The molecule has 0 saturated heterocycles. The molecule has 0 bridgehead atoms. The number of amides is 1. The van der Waals surface area contributed by atoms with E-state index in [1.807, 2.05) is 13.8 Å². The minimum absolute atomic E-state index is 0.167. The first-order valence-corrected chi connectivity index (χ1v) is 6.52. The Morgan fingerprint density at radius 3 is 2.45 bits per heavy atom. The summed E-state index contributed by atoms with van der Waals surface area (Å²) in [5, 5.41) is 11.4. The SMILES string of the molecule is Cc1cc(C#N)cc(C)c1CNC(=O)c1ncc(F)cc1F. The molecule has 6 heteroatoms. The summed E-state index contributed by atoms with van der Waals surface area (Å²) >= 11 is 0. The lowest BCUT2D eigenvalue weighted by molar-refractivity contribution is 0.0941. The Balaban J connectivity index is 2.17. The second kappa shape index (κ2) is 6.31. The second-order valence-electron chi connectivity index (χ2n) is 4.87. The number of aryl methyl sites for hydroxylation is 2. The molecule has 4 nitrogen and oxygen atoms in total. The van der Waals surface area contributed by atoms with Crippen LogP contribution in [0.25, 0.3) is 0 Å². The average Bonchev–Trinajstić information content (AvgIpc) is 2.45. The minimum atomic E-state index is -1.01. The van der Waals surface area contributed by atoms with Gasteiger partial charge in [0.1, 0.15) is 5.82 Å². The number of benzene rings is 1. The molecule has 0 atom stereocenters. The third-order valence-electron chi connectivity index (χ3n) is 3.27. The van der Waals surface area contributed by atoms with Crippen molar-refractivity contribution in [3.8, 4) is 6.07 Å². The number of hydrogen-bond donors (Lipinski definition) is 1. The summed E-state index contributed by atoms with van der Waals surface area (Å²) < 4.78 is 26.3. The number of hydrogen-bond acceptors (Lipinski definition) is 3. The number of nitrogens with zero attached hydrogens (tertiary/aromatic N) is 2. The highest BCUT2D eigenvalue weighted by Crippen LogP contribution is 2.16. The molecular formula is C16H13F2N3O. The molecule has 0 aliphatic heterocycles. The van der Waals surface area contributed by atoms with Gasteiger partial charge in [-0.05, 0) is 42.7 Å². The van der Waals surface area contributed by atoms with Crippen molar-refractivity contribution in [3.63, 3.8) is 0 Å². The number of carbonyl (C=O) groups is 1. The molecule has 22 heavy (non-hydrogen) atoms. The van der Waals surface area contributed by atoms with Crippen molar-refractivity contribution in [2.24, 2.45) is 0 Å². The van der Waals surface area contributed by atoms with E-state index >= 15 is 0 Å². The number of rotatable bonds is 3. The van der Waals surface area contributed by atoms with E-state index < -0.39 is 23.2 Å². The Kier molecular flexibility index (Phi) is 4.47.